The second kappa shape index (κ2) is 8.94. The van der Waals surface area contributed by atoms with Crippen LogP contribution in [0.1, 0.15) is 30.1 Å². The molecule has 1 unspecified atom stereocenters. The molecule has 0 saturated carbocycles. The Hall–Kier alpha value is -1.95. The quantitative estimate of drug-likeness (QED) is 0.810. The molecule has 0 bridgehead atoms. The van der Waals surface area contributed by atoms with E-state index in [0.717, 1.165) is 43.8 Å². The molecule has 5 nitrogen and oxygen atoms in total. The highest BCUT2D eigenvalue weighted by Crippen LogP contribution is 2.18. The predicted octanol–water partition coefficient (Wildman–Crippen LogP) is 2.38. The normalized spacial score (nSPS) is 17.4. The summed E-state index contributed by atoms with van der Waals surface area (Å²) in [5.74, 6) is 0.811. The zero-order chi connectivity index (χ0) is 17.5. The molecule has 5 heteroatoms. The van der Waals surface area contributed by atoms with Crippen molar-refractivity contribution in [3.8, 4) is 5.75 Å². The number of pyridine rings is 1. The summed E-state index contributed by atoms with van der Waals surface area (Å²) in [4.78, 5) is 6.55. The number of ether oxygens (including phenoxy) is 1. The Bertz CT molecular complexity index is 625. The SMILES string of the molecule is COc1ccc(C(O)CNC2CCN(Cc3ccncc3)CC2)cc1. The highest BCUT2D eigenvalue weighted by molar-refractivity contribution is 5.28. The van der Waals surface area contributed by atoms with Crippen molar-refractivity contribution in [2.75, 3.05) is 26.7 Å². The second-order valence-electron chi connectivity index (χ2n) is 6.60. The van der Waals surface area contributed by atoms with Crippen LogP contribution in [0.4, 0.5) is 0 Å². The molecular weight excluding hydrogens is 314 g/mol. The zero-order valence-corrected chi connectivity index (χ0v) is 14.8. The summed E-state index contributed by atoms with van der Waals surface area (Å²) in [6.07, 6.45) is 5.44. The lowest BCUT2D eigenvalue weighted by molar-refractivity contribution is 0.149. The van der Waals surface area contributed by atoms with Gasteiger partial charge in [-0.1, -0.05) is 12.1 Å². The zero-order valence-electron chi connectivity index (χ0n) is 14.8. The maximum absolute atomic E-state index is 10.3. The van der Waals surface area contributed by atoms with Crippen LogP contribution in [0, 0.1) is 0 Å². The number of nitrogens with one attached hydrogen (secondary N) is 1. The molecule has 3 rings (SSSR count). The van der Waals surface area contributed by atoms with E-state index in [2.05, 4.69) is 27.3 Å². The molecule has 1 aromatic carbocycles. The Morgan fingerprint density at radius 3 is 2.48 bits per heavy atom. The van der Waals surface area contributed by atoms with Gasteiger partial charge >= 0.3 is 0 Å². The molecule has 0 aliphatic carbocycles. The number of likely N-dealkylation sites (tertiary alicyclic amines) is 1. The Morgan fingerprint density at radius 2 is 1.84 bits per heavy atom. The molecule has 1 aromatic heterocycles. The van der Waals surface area contributed by atoms with E-state index >= 15 is 0 Å². The number of hydrogen-bond acceptors (Lipinski definition) is 5. The van der Waals surface area contributed by atoms with E-state index in [4.69, 9.17) is 4.74 Å². The van der Waals surface area contributed by atoms with Crippen molar-refractivity contribution in [2.24, 2.45) is 0 Å². The first-order valence-electron chi connectivity index (χ1n) is 8.91. The van der Waals surface area contributed by atoms with Gasteiger partial charge in [0.05, 0.1) is 13.2 Å². The summed E-state index contributed by atoms with van der Waals surface area (Å²) in [5, 5.41) is 13.9. The number of methoxy groups -OCH3 is 1. The van der Waals surface area contributed by atoms with E-state index in [9.17, 15) is 5.11 Å². The van der Waals surface area contributed by atoms with Crippen molar-refractivity contribution in [1.29, 1.82) is 0 Å². The van der Waals surface area contributed by atoms with Gasteiger partial charge in [-0.05, 0) is 61.3 Å². The molecule has 0 radical (unpaired) electrons. The molecule has 2 N–H and O–H groups in total. The van der Waals surface area contributed by atoms with Crippen molar-refractivity contribution >= 4 is 0 Å². The fourth-order valence-corrected chi connectivity index (χ4v) is 3.26. The Balaban J connectivity index is 1.39. The van der Waals surface area contributed by atoms with E-state index in [1.54, 1.807) is 7.11 Å². The fourth-order valence-electron chi connectivity index (χ4n) is 3.26. The van der Waals surface area contributed by atoms with Crippen molar-refractivity contribution in [3.05, 3.63) is 59.9 Å². The fraction of sp³-hybridized carbons (Fsp3) is 0.450. The molecule has 2 aromatic rings. The molecule has 1 saturated heterocycles. The molecule has 1 fully saturated rings. The molecule has 2 heterocycles. The predicted molar refractivity (Wildman–Crippen MR) is 98.5 cm³/mol. The Morgan fingerprint density at radius 1 is 1.16 bits per heavy atom. The summed E-state index contributed by atoms with van der Waals surface area (Å²) in [6, 6.07) is 12.2. The van der Waals surface area contributed by atoms with Gasteiger partial charge in [0.15, 0.2) is 0 Å². The molecule has 1 aliphatic rings. The summed E-state index contributed by atoms with van der Waals surface area (Å²) < 4.78 is 5.15. The first-order chi connectivity index (χ1) is 12.2. The highest BCUT2D eigenvalue weighted by Gasteiger charge is 2.20. The first kappa shape index (κ1) is 17.9. The standard InChI is InChI=1S/C20H27N3O2/c1-25-19-4-2-17(3-5-19)20(24)14-22-18-8-12-23(13-9-18)15-16-6-10-21-11-7-16/h2-7,10-11,18,20,22,24H,8-9,12-15H2,1H3. The van der Waals surface area contributed by atoms with Gasteiger partial charge < -0.3 is 15.2 Å². The highest BCUT2D eigenvalue weighted by atomic mass is 16.5. The van der Waals surface area contributed by atoms with E-state index in [-0.39, 0.29) is 0 Å². The molecule has 0 amide bonds. The number of rotatable bonds is 7. The molecule has 1 aliphatic heterocycles. The van der Waals surface area contributed by atoms with E-state index < -0.39 is 6.10 Å². The third-order valence-corrected chi connectivity index (χ3v) is 4.84. The van der Waals surface area contributed by atoms with Crippen molar-refractivity contribution < 1.29 is 9.84 Å². The van der Waals surface area contributed by atoms with Crippen molar-refractivity contribution in [2.45, 2.75) is 31.5 Å². The van der Waals surface area contributed by atoms with Crippen LogP contribution in [0.15, 0.2) is 48.8 Å². The molecule has 134 valence electrons. The number of aromatic nitrogens is 1. The Kier molecular flexibility index (Phi) is 6.39. The number of nitrogens with zero attached hydrogens (tertiary/aromatic N) is 2. The lowest BCUT2D eigenvalue weighted by Crippen LogP contribution is -2.43. The van der Waals surface area contributed by atoms with Gasteiger partial charge in [0.1, 0.15) is 5.75 Å². The third kappa shape index (κ3) is 5.26. The summed E-state index contributed by atoms with van der Waals surface area (Å²) in [6.45, 7) is 3.74. The van der Waals surface area contributed by atoms with Crippen LogP contribution in [0.5, 0.6) is 5.75 Å². The van der Waals surface area contributed by atoms with Gasteiger partial charge in [0, 0.05) is 31.5 Å². The lowest BCUT2D eigenvalue weighted by atomic mass is 10.0. The average Bonchev–Trinajstić information content (AvgIpc) is 2.68. The van der Waals surface area contributed by atoms with Gasteiger partial charge in [-0.3, -0.25) is 9.88 Å². The van der Waals surface area contributed by atoms with E-state index in [1.807, 2.05) is 36.7 Å². The number of hydrogen-bond donors (Lipinski definition) is 2. The molecule has 25 heavy (non-hydrogen) atoms. The van der Waals surface area contributed by atoms with Gasteiger partial charge in [-0.25, -0.2) is 0 Å². The molecule has 1 atom stereocenters. The van der Waals surface area contributed by atoms with E-state index in [0.29, 0.717) is 12.6 Å². The first-order valence-corrected chi connectivity index (χ1v) is 8.91. The average molecular weight is 341 g/mol. The minimum Gasteiger partial charge on any atom is -0.497 e. The minimum atomic E-state index is -0.485. The topological polar surface area (TPSA) is 57.6 Å². The number of aliphatic hydroxyl groups excluding tert-OH is 1. The van der Waals surface area contributed by atoms with Gasteiger partial charge in [0.25, 0.3) is 0 Å². The van der Waals surface area contributed by atoms with Crippen LogP contribution in [0.3, 0.4) is 0 Å². The number of benzene rings is 1. The van der Waals surface area contributed by atoms with Crippen molar-refractivity contribution in [1.82, 2.24) is 15.2 Å². The smallest absolute Gasteiger partial charge is 0.118 e. The molecular formula is C20H27N3O2. The van der Waals surface area contributed by atoms with Crippen LogP contribution in [0.2, 0.25) is 0 Å². The van der Waals surface area contributed by atoms with Crippen LogP contribution in [0.25, 0.3) is 0 Å². The number of aliphatic hydroxyl groups is 1. The summed E-state index contributed by atoms with van der Waals surface area (Å²) in [7, 11) is 1.65. The van der Waals surface area contributed by atoms with Crippen LogP contribution >= 0.6 is 0 Å². The lowest BCUT2D eigenvalue weighted by Gasteiger charge is -2.33. The van der Waals surface area contributed by atoms with E-state index in [1.165, 1.54) is 5.56 Å². The van der Waals surface area contributed by atoms with Crippen LogP contribution < -0.4 is 10.1 Å². The maximum Gasteiger partial charge on any atom is 0.118 e. The second-order valence-corrected chi connectivity index (χ2v) is 6.60. The van der Waals surface area contributed by atoms with Gasteiger partial charge in [-0.15, -0.1) is 0 Å². The minimum absolute atomic E-state index is 0.474. The Labute approximate surface area is 149 Å². The maximum atomic E-state index is 10.3. The summed E-state index contributed by atoms with van der Waals surface area (Å²) >= 11 is 0. The van der Waals surface area contributed by atoms with Gasteiger partial charge in [-0.2, -0.15) is 0 Å². The van der Waals surface area contributed by atoms with Crippen LogP contribution in [-0.4, -0.2) is 47.8 Å². The largest absolute Gasteiger partial charge is 0.497 e. The summed E-state index contributed by atoms with van der Waals surface area (Å²) in [5.41, 5.74) is 2.24. The monoisotopic (exact) mass is 341 g/mol. The number of piperidine rings is 1. The van der Waals surface area contributed by atoms with Gasteiger partial charge in [0.2, 0.25) is 0 Å². The van der Waals surface area contributed by atoms with Crippen LogP contribution in [-0.2, 0) is 6.54 Å². The van der Waals surface area contributed by atoms with Crippen molar-refractivity contribution in [3.63, 3.8) is 0 Å². The third-order valence-electron chi connectivity index (χ3n) is 4.84. The molecule has 0 spiro atoms.